The maximum absolute atomic E-state index is 12.9. The lowest BCUT2D eigenvalue weighted by atomic mass is 10.1. The molecule has 0 bridgehead atoms. The number of carbonyl (C=O) groups is 2. The average molecular weight is 564 g/mol. The van der Waals surface area contributed by atoms with Crippen LogP contribution in [0.4, 0.5) is 11.5 Å². The van der Waals surface area contributed by atoms with Crippen molar-refractivity contribution in [2.45, 2.75) is 10.3 Å². The molecular weight excluding hydrogens is 551 g/mol. The van der Waals surface area contributed by atoms with Crippen LogP contribution in [-0.2, 0) is 4.79 Å². The topological polar surface area (TPSA) is 71.1 Å². The standard InChI is InChI=1S/C22H13Cl6N3O2/c23-11-3-4-29-17(8-11)31-20(32)15-9-14(1-2-16(15)26)30-21(33)19-18(22(19,27)28)10-5-12(24)7-13(25)6-10/h1-9,18-19H,(H,30,33)(H,29,31,32)/t18-,19+/m1/s1. The van der Waals surface area contributed by atoms with Gasteiger partial charge in [-0.25, -0.2) is 4.98 Å². The lowest BCUT2D eigenvalue weighted by Crippen LogP contribution is -2.18. The van der Waals surface area contributed by atoms with Crippen molar-refractivity contribution < 1.29 is 9.59 Å². The van der Waals surface area contributed by atoms with E-state index in [9.17, 15) is 9.59 Å². The fourth-order valence-corrected chi connectivity index (χ4v) is 5.21. The Bertz CT molecular complexity index is 1250. The van der Waals surface area contributed by atoms with Gasteiger partial charge in [-0.05, 0) is 54.1 Å². The van der Waals surface area contributed by atoms with Crippen molar-refractivity contribution in [1.82, 2.24) is 4.98 Å². The lowest BCUT2D eigenvalue weighted by Gasteiger charge is -2.10. The Kier molecular flexibility index (Phi) is 7.02. The molecule has 0 unspecified atom stereocenters. The van der Waals surface area contributed by atoms with Crippen LogP contribution >= 0.6 is 69.6 Å². The van der Waals surface area contributed by atoms with Crippen LogP contribution in [0.25, 0.3) is 0 Å². The first-order valence-electron chi connectivity index (χ1n) is 9.43. The van der Waals surface area contributed by atoms with E-state index in [1.807, 2.05) is 0 Å². The van der Waals surface area contributed by atoms with Crippen molar-refractivity contribution in [3.05, 3.63) is 85.9 Å². The molecule has 3 aromatic rings. The van der Waals surface area contributed by atoms with Gasteiger partial charge in [-0.1, -0.05) is 46.4 Å². The predicted molar refractivity (Wildman–Crippen MR) is 134 cm³/mol. The van der Waals surface area contributed by atoms with Crippen LogP contribution in [0.1, 0.15) is 21.8 Å². The highest BCUT2D eigenvalue weighted by Crippen LogP contribution is 2.65. The van der Waals surface area contributed by atoms with Gasteiger partial charge >= 0.3 is 0 Å². The number of halogens is 6. The summed E-state index contributed by atoms with van der Waals surface area (Å²) in [4.78, 5) is 29.6. The van der Waals surface area contributed by atoms with Gasteiger partial charge in [-0.2, -0.15) is 0 Å². The van der Waals surface area contributed by atoms with Crippen LogP contribution in [0.3, 0.4) is 0 Å². The van der Waals surface area contributed by atoms with E-state index < -0.39 is 28.0 Å². The van der Waals surface area contributed by atoms with Crippen LogP contribution < -0.4 is 10.6 Å². The molecule has 2 N–H and O–H groups in total. The molecule has 1 aliphatic rings. The highest BCUT2D eigenvalue weighted by molar-refractivity contribution is 6.53. The van der Waals surface area contributed by atoms with Crippen LogP contribution in [-0.4, -0.2) is 21.1 Å². The van der Waals surface area contributed by atoms with E-state index in [1.54, 1.807) is 30.3 Å². The van der Waals surface area contributed by atoms with Crippen LogP contribution in [0, 0.1) is 5.92 Å². The zero-order valence-electron chi connectivity index (χ0n) is 16.4. The molecule has 0 aliphatic heterocycles. The summed E-state index contributed by atoms with van der Waals surface area (Å²) in [5.41, 5.74) is 1.13. The van der Waals surface area contributed by atoms with Gasteiger partial charge in [0.15, 0.2) is 0 Å². The fraction of sp³-hybridized carbons (Fsp3) is 0.136. The van der Waals surface area contributed by atoms with Gasteiger partial charge in [-0.15, -0.1) is 23.2 Å². The molecular formula is C22H13Cl6N3O2. The first kappa shape index (κ1) is 24.4. The first-order valence-corrected chi connectivity index (χ1v) is 11.7. The second-order valence-corrected chi connectivity index (χ2v) is 10.5. The summed E-state index contributed by atoms with van der Waals surface area (Å²) in [5.74, 6) is -1.94. The number of hydrogen-bond acceptors (Lipinski definition) is 3. The molecule has 2 aromatic carbocycles. The Morgan fingerprint density at radius 2 is 1.55 bits per heavy atom. The van der Waals surface area contributed by atoms with Crippen LogP contribution in [0.15, 0.2) is 54.7 Å². The molecule has 2 atom stereocenters. The monoisotopic (exact) mass is 561 g/mol. The highest BCUT2D eigenvalue weighted by Gasteiger charge is 2.67. The summed E-state index contributed by atoms with van der Waals surface area (Å²) < 4.78 is -1.33. The molecule has 0 radical (unpaired) electrons. The number of aromatic nitrogens is 1. The molecule has 0 spiro atoms. The van der Waals surface area contributed by atoms with Crippen molar-refractivity contribution in [2.24, 2.45) is 5.92 Å². The minimum Gasteiger partial charge on any atom is -0.326 e. The maximum Gasteiger partial charge on any atom is 0.258 e. The van der Waals surface area contributed by atoms with E-state index in [0.29, 0.717) is 26.3 Å². The number of amides is 2. The summed E-state index contributed by atoms with van der Waals surface area (Å²) in [5, 5.41) is 6.77. The quantitative estimate of drug-likeness (QED) is 0.316. The van der Waals surface area contributed by atoms with Crippen molar-refractivity contribution >= 4 is 92.9 Å². The van der Waals surface area contributed by atoms with E-state index >= 15 is 0 Å². The molecule has 2 amide bonds. The summed E-state index contributed by atoms with van der Waals surface area (Å²) in [6, 6.07) is 12.5. The normalized spacial score (nSPS) is 18.5. The third-order valence-electron chi connectivity index (χ3n) is 5.02. The Labute approximate surface area is 219 Å². The zero-order valence-corrected chi connectivity index (χ0v) is 20.9. The second-order valence-electron chi connectivity index (χ2n) is 7.33. The average Bonchev–Trinajstić information content (AvgIpc) is 3.31. The van der Waals surface area contributed by atoms with Gasteiger partial charge in [0.25, 0.3) is 5.91 Å². The minimum absolute atomic E-state index is 0.133. The second kappa shape index (κ2) is 9.49. The Morgan fingerprint density at radius 1 is 0.848 bits per heavy atom. The fourth-order valence-electron chi connectivity index (χ4n) is 3.48. The van der Waals surface area contributed by atoms with Gasteiger partial charge in [-0.3, -0.25) is 9.59 Å². The molecule has 4 rings (SSSR count). The van der Waals surface area contributed by atoms with Crippen molar-refractivity contribution in [1.29, 1.82) is 0 Å². The largest absolute Gasteiger partial charge is 0.326 e. The highest BCUT2D eigenvalue weighted by atomic mass is 35.5. The number of pyridine rings is 1. The number of hydrogen-bond donors (Lipinski definition) is 2. The molecule has 1 heterocycles. The van der Waals surface area contributed by atoms with E-state index in [4.69, 9.17) is 69.6 Å². The summed E-state index contributed by atoms with van der Waals surface area (Å²) in [7, 11) is 0. The first-order chi connectivity index (χ1) is 15.6. The molecule has 11 heteroatoms. The Hall–Kier alpha value is -1.73. The number of carbonyl (C=O) groups excluding carboxylic acids is 2. The van der Waals surface area contributed by atoms with Crippen LogP contribution in [0.5, 0.6) is 0 Å². The van der Waals surface area contributed by atoms with Gasteiger partial charge < -0.3 is 10.6 Å². The van der Waals surface area contributed by atoms with E-state index in [0.717, 1.165) is 0 Å². The van der Waals surface area contributed by atoms with Gasteiger partial charge in [0.2, 0.25) is 5.91 Å². The predicted octanol–water partition coefficient (Wildman–Crippen LogP) is 7.47. The Morgan fingerprint density at radius 3 is 2.21 bits per heavy atom. The molecule has 1 fully saturated rings. The summed E-state index contributed by atoms with van der Waals surface area (Å²) >= 11 is 37.0. The van der Waals surface area contributed by atoms with Crippen molar-refractivity contribution in [2.75, 3.05) is 10.6 Å². The summed E-state index contributed by atoms with van der Waals surface area (Å²) in [6.07, 6.45) is 1.46. The molecule has 1 aromatic heterocycles. The number of rotatable bonds is 5. The number of nitrogens with one attached hydrogen (secondary N) is 2. The van der Waals surface area contributed by atoms with Crippen LogP contribution in [0.2, 0.25) is 20.1 Å². The number of alkyl halides is 2. The van der Waals surface area contributed by atoms with Gasteiger partial charge in [0.1, 0.15) is 10.2 Å². The Balaban J connectivity index is 1.51. The maximum atomic E-state index is 12.9. The third kappa shape index (κ3) is 5.35. The molecule has 0 saturated heterocycles. The lowest BCUT2D eigenvalue weighted by molar-refractivity contribution is -0.117. The molecule has 1 aliphatic carbocycles. The van der Waals surface area contributed by atoms with Gasteiger partial charge in [0.05, 0.1) is 16.5 Å². The number of anilines is 2. The smallest absolute Gasteiger partial charge is 0.258 e. The molecule has 33 heavy (non-hydrogen) atoms. The SMILES string of the molecule is O=C(Nc1cc(Cl)ccn1)c1cc(NC(=O)[C@@H]2[C@@H](c3cc(Cl)cc(Cl)c3)C2(Cl)Cl)ccc1Cl. The third-order valence-corrected chi connectivity index (χ3v) is 6.96. The van der Waals surface area contributed by atoms with Crippen molar-refractivity contribution in [3.8, 4) is 0 Å². The van der Waals surface area contributed by atoms with E-state index in [-0.39, 0.29) is 16.4 Å². The van der Waals surface area contributed by atoms with Crippen molar-refractivity contribution in [3.63, 3.8) is 0 Å². The summed E-state index contributed by atoms with van der Waals surface area (Å²) in [6.45, 7) is 0. The number of nitrogens with zero attached hydrogens (tertiary/aromatic N) is 1. The zero-order chi connectivity index (χ0) is 23.9. The van der Waals surface area contributed by atoms with Gasteiger partial charge in [0, 0.05) is 32.9 Å². The van der Waals surface area contributed by atoms with E-state index in [1.165, 1.54) is 24.4 Å². The molecule has 170 valence electrons. The molecule has 1 saturated carbocycles. The number of benzene rings is 2. The van der Waals surface area contributed by atoms with E-state index in [2.05, 4.69) is 15.6 Å². The molecule has 5 nitrogen and oxygen atoms in total. The minimum atomic E-state index is -1.33.